The predicted octanol–water partition coefficient (Wildman–Crippen LogP) is 2.85. The highest BCUT2D eigenvalue weighted by Gasteiger charge is 2.37. The molecule has 2 aromatic carbocycles. The summed E-state index contributed by atoms with van der Waals surface area (Å²) in [7, 11) is 0. The van der Waals surface area contributed by atoms with E-state index in [-0.39, 0.29) is 5.91 Å². The maximum atomic E-state index is 12.9. The molecule has 1 amide bonds. The highest BCUT2D eigenvalue weighted by Crippen LogP contribution is 2.25. The number of anilines is 1. The first-order valence-electron chi connectivity index (χ1n) is 7.94. The quantitative estimate of drug-likeness (QED) is 0.918. The van der Waals surface area contributed by atoms with Crippen LogP contribution in [0.2, 0.25) is 0 Å². The number of ether oxygens (including phenoxy) is 1. The first-order chi connectivity index (χ1) is 11.6. The minimum atomic E-state index is -1.01. The first-order valence-corrected chi connectivity index (χ1v) is 7.94. The van der Waals surface area contributed by atoms with E-state index in [1.165, 1.54) is 0 Å². The number of carboxylic acid groups (broad SMARTS) is 1. The van der Waals surface area contributed by atoms with Crippen LogP contribution in [0.15, 0.2) is 60.7 Å². The second kappa shape index (κ2) is 7.27. The third kappa shape index (κ3) is 3.63. The summed E-state index contributed by atoms with van der Waals surface area (Å²) in [5.41, 5.74) is 1.77. The van der Waals surface area contributed by atoms with Crippen molar-refractivity contribution in [2.45, 2.75) is 31.6 Å². The van der Waals surface area contributed by atoms with Crippen LogP contribution in [-0.2, 0) is 20.9 Å². The van der Waals surface area contributed by atoms with Gasteiger partial charge in [-0.25, -0.2) is 4.79 Å². The molecule has 0 radical (unpaired) electrons. The van der Waals surface area contributed by atoms with Crippen LogP contribution in [0.5, 0.6) is 0 Å². The number of hydrogen-bond acceptors (Lipinski definition) is 3. The first kappa shape index (κ1) is 16.2. The van der Waals surface area contributed by atoms with Crippen molar-refractivity contribution in [2.24, 2.45) is 0 Å². The normalized spacial score (nSPS) is 19.8. The monoisotopic (exact) mass is 325 g/mol. The van der Waals surface area contributed by atoms with Gasteiger partial charge in [0, 0.05) is 5.69 Å². The molecule has 124 valence electrons. The van der Waals surface area contributed by atoms with Crippen molar-refractivity contribution in [3.63, 3.8) is 0 Å². The van der Waals surface area contributed by atoms with E-state index in [9.17, 15) is 9.59 Å². The van der Waals surface area contributed by atoms with E-state index in [1.54, 1.807) is 4.90 Å². The van der Waals surface area contributed by atoms with Gasteiger partial charge in [-0.15, -0.1) is 0 Å². The molecule has 0 bridgehead atoms. The van der Waals surface area contributed by atoms with Crippen LogP contribution in [0, 0.1) is 0 Å². The summed E-state index contributed by atoms with van der Waals surface area (Å²) in [5, 5.41) is 9.05. The van der Waals surface area contributed by atoms with E-state index in [0.717, 1.165) is 11.3 Å². The van der Waals surface area contributed by atoms with E-state index in [0.29, 0.717) is 19.4 Å². The molecule has 24 heavy (non-hydrogen) atoms. The molecule has 2 aromatic rings. The number of amides is 1. The van der Waals surface area contributed by atoms with Crippen LogP contribution >= 0.6 is 0 Å². The third-order valence-corrected chi connectivity index (χ3v) is 4.09. The molecule has 3 rings (SSSR count). The van der Waals surface area contributed by atoms with E-state index in [2.05, 4.69) is 0 Å². The molecule has 1 aliphatic rings. The molecule has 1 N–H and O–H groups in total. The van der Waals surface area contributed by atoms with E-state index < -0.39 is 18.2 Å². The van der Waals surface area contributed by atoms with Gasteiger partial charge in [0.25, 0.3) is 5.91 Å². The highest BCUT2D eigenvalue weighted by molar-refractivity contribution is 5.97. The number of nitrogens with zero attached hydrogens (tertiary/aromatic N) is 1. The second-order valence-corrected chi connectivity index (χ2v) is 5.77. The molecule has 0 saturated carbocycles. The summed E-state index contributed by atoms with van der Waals surface area (Å²) in [6, 6.07) is 19.1. The highest BCUT2D eigenvalue weighted by atomic mass is 16.5. The average Bonchev–Trinajstić information content (AvgIpc) is 3.11. The molecule has 1 heterocycles. The Morgan fingerprint density at radius 2 is 1.54 bits per heavy atom. The Bertz CT molecular complexity index is 702. The van der Waals surface area contributed by atoms with E-state index in [1.807, 2.05) is 60.7 Å². The molecule has 1 fully saturated rings. The topological polar surface area (TPSA) is 66.8 Å². The van der Waals surface area contributed by atoms with Crippen molar-refractivity contribution in [1.82, 2.24) is 0 Å². The van der Waals surface area contributed by atoms with Gasteiger partial charge in [-0.1, -0.05) is 48.5 Å². The molecule has 2 atom stereocenters. The van der Waals surface area contributed by atoms with Gasteiger partial charge in [-0.2, -0.15) is 0 Å². The lowest BCUT2D eigenvalue weighted by molar-refractivity contribution is -0.151. The number of carboxylic acids is 1. The fourth-order valence-electron chi connectivity index (χ4n) is 2.84. The van der Waals surface area contributed by atoms with Crippen LogP contribution in [-0.4, -0.2) is 29.2 Å². The van der Waals surface area contributed by atoms with Crippen molar-refractivity contribution >= 4 is 17.6 Å². The summed E-state index contributed by atoms with van der Waals surface area (Å²) in [6.07, 6.45) is -0.823. The van der Waals surface area contributed by atoms with Crippen molar-refractivity contribution in [3.8, 4) is 0 Å². The van der Waals surface area contributed by atoms with Gasteiger partial charge in [0.1, 0.15) is 6.10 Å². The zero-order chi connectivity index (χ0) is 16.9. The summed E-state index contributed by atoms with van der Waals surface area (Å²) < 4.78 is 5.43. The standard InChI is InChI=1S/C19H19NO4/c21-18(16-11-12-17(24-16)19(22)23)20(15-9-5-2-6-10-15)13-14-7-3-1-4-8-14/h1-10,16-17H,11-13H2,(H,22,23)/t16-,17+/m0/s1. The Balaban J connectivity index is 1.82. The minimum absolute atomic E-state index is 0.200. The lowest BCUT2D eigenvalue weighted by Gasteiger charge is -2.26. The van der Waals surface area contributed by atoms with Gasteiger partial charge in [-0.3, -0.25) is 4.79 Å². The largest absolute Gasteiger partial charge is 0.479 e. The Kier molecular flexibility index (Phi) is 4.91. The molecule has 1 aliphatic heterocycles. The Labute approximate surface area is 140 Å². The van der Waals surface area contributed by atoms with Gasteiger partial charge in [0.2, 0.25) is 0 Å². The van der Waals surface area contributed by atoms with Gasteiger partial charge >= 0.3 is 5.97 Å². The van der Waals surface area contributed by atoms with Crippen molar-refractivity contribution in [1.29, 1.82) is 0 Å². The summed E-state index contributed by atoms with van der Waals surface area (Å²) in [6.45, 7) is 0.418. The number of benzene rings is 2. The van der Waals surface area contributed by atoms with Gasteiger partial charge in [0.05, 0.1) is 6.54 Å². The lowest BCUT2D eigenvalue weighted by Crippen LogP contribution is -2.39. The SMILES string of the molecule is O=C(O)[C@H]1CC[C@@H](C(=O)N(Cc2ccccc2)c2ccccc2)O1. The average molecular weight is 325 g/mol. The lowest BCUT2D eigenvalue weighted by atomic mass is 10.1. The van der Waals surface area contributed by atoms with Gasteiger partial charge < -0.3 is 14.7 Å². The second-order valence-electron chi connectivity index (χ2n) is 5.77. The number of carbonyl (C=O) groups excluding carboxylic acids is 1. The molecule has 0 spiro atoms. The molecular weight excluding hydrogens is 306 g/mol. The number of rotatable bonds is 5. The van der Waals surface area contributed by atoms with Crippen LogP contribution in [0.1, 0.15) is 18.4 Å². The third-order valence-electron chi connectivity index (χ3n) is 4.09. The van der Waals surface area contributed by atoms with Crippen LogP contribution in [0.3, 0.4) is 0 Å². The van der Waals surface area contributed by atoms with Gasteiger partial charge in [0.15, 0.2) is 6.10 Å². The summed E-state index contributed by atoms with van der Waals surface area (Å²) >= 11 is 0. The fraction of sp³-hybridized carbons (Fsp3) is 0.263. The predicted molar refractivity (Wildman–Crippen MR) is 89.6 cm³/mol. The van der Waals surface area contributed by atoms with Crippen molar-refractivity contribution in [2.75, 3.05) is 4.90 Å². The van der Waals surface area contributed by atoms with Crippen LogP contribution in [0.4, 0.5) is 5.69 Å². The number of carbonyl (C=O) groups is 2. The van der Waals surface area contributed by atoms with Crippen LogP contribution in [0.25, 0.3) is 0 Å². The summed E-state index contributed by atoms with van der Waals surface area (Å²) in [4.78, 5) is 25.6. The molecular formula is C19H19NO4. The van der Waals surface area contributed by atoms with E-state index >= 15 is 0 Å². The van der Waals surface area contributed by atoms with Crippen molar-refractivity contribution in [3.05, 3.63) is 66.2 Å². The van der Waals surface area contributed by atoms with Crippen LogP contribution < -0.4 is 4.90 Å². The maximum Gasteiger partial charge on any atom is 0.332 e. The maximum absolute atomic E-state index is 12.9. The fourth-order valence-corrected chi connectivity index (χ4v) is 2.84. The zero-order valence-corrected chi connectivity index (χ0v) is 13.2. The zero-order valence-electron chi connectivity index (χ0n) is 13.2. The molecule has 1 saturated heterocycles. The van der Waals surface area contributed by atoms with E-state index in [4.69, 9.17) is 9.84 Å². The molecule has 5 heteroatoms. The number of aliphatic carboxylic acids is 1. The van der Waals surface area contributed by atoms with Gasteiger partial charge in [-0.05, 0) is 30.5 Å². The summed E-state index contributed by atoms with van der Waals surface area (Å²) in [5.74, 6) is -1.21. The minimum Gasteiger partial charge on any atom is -0.479 e. The molecule has 0 aliphatic carbocycles. The number of para-hydroxylation sites is 1. The smallest absolute Gasteiger partial charge is 0.332 e. The number of hydrogen-bond donors (Lipinski definition) is 1. The Morgan fingerprint density at radius 1 is 0.958 bits per heavy atom. The Hall–Kier alpha value is -2.66. The van der Waals surface area contributed by atoms with Crippen molar-refractivity contribution < 1.29 is 19.4 Å². The molecule has 0 unspecified atom stereocenters. The molecule has 0 aromatic heterocycles. The molecule has 5 nitrogen and oxygen atoms in total. The Morgan fingerprint density at radius 3 is 2.12 bits per heavy atom.